The average molecular weight is 240 g/mol. The molecule has 15 heavy (non-hydrogen) atoms. The van der Waals surface area contributed by atoms with Crippen molar-refractivity contribution in [1.82, 2.24) is 0 Å². The molecule has 3 heteroatoms. The van der Waals surface area contributed by atoms with Gasteiger partial charge in [-0.25, -0.2) is 0 Å². The highest BCUT2D eigenvalue weighted by molar-refractivity contribution is 7.99. The summed E-state index contributed by atoms with van der Waals surface area (Å²) in [6, 6.07) is 4.14. The highest BCUT2D eigenvalue weighted by Crippen LogP contribution is 2.29. The zero-order valence-corrected chi connectivity index (χ0v) is 11.0. The summed E-state index contributed by atoms with van der Waals surface area (Å²) in [5, 5.41) is 8.57. The van der Waals surface area contributed by atoms with Crippen molar-refractivity contribution in [3.63, 3.8) is 0 Å². The minimum absolute atomic E-state index is 0.0655. The first-order valence-corrected chi connectivity index (χ1v) is 6.64. The molecule has 1 heterocycles. The Bertz CT molecular complexity index is 363. The van der Waals surface area contributed by atoms with Gasteiger partial charge in [0.25, 0.3) is 0 Å². The van der Waals surface area contributed by atoms with Crippen molar-refractivity contribution < 1.29 is 5.11 Å². The van der Waals surface area contributed by atoms with E-state index < -0.39 is 0 Å². The summed E-state index contributed by atoms with van der Waals surface area (Å²) in [5.41, 5.74) is 0. The Morgan fingerprint density at radius 2 is 2.13 bits per heavy atom. The number of hydrogen-bond acceptors (Lipinski definition) is 3. The third kappa shape index (κ3) is 5.27. The molecular weight excluding hydrogens is 224 g/mol. The maximum absolute atomic E-state index is 8.57. The van der Waals surface area contributed by atoms with E-state index in [1.807, 2.05) is 17.8 Å². The van der Waals surface area contributed by atoms with Crippen molar-refractivity contribution in [2.75, 3.05) is 6.61 Å². The summed E-state index contributed by atoms with van der Waals surface area (Å²) >= 11 is 3.64. The van der Waals surface area contributed by atoms with Crippen molar-refractivity contribution in [3.8, 4) is 11.8 Å². The number of aliphatic hydroxyl groups is 1. The van der Waals surface area contributed by atoms with Gasteiger partial charge in [-0.05, 0) is 12.1 Å². The monoisotopic (exact) mass is 240 g/mol. The van der Waals surface area contributed by atoms with E-state index in [4.69, 9.17) is 5.11 Å². The first-order chi connectivity index (χ1) is 7.01. The van der Waals surface area contributed by atoms with Gasteiger partial charge < -0.3 is 5.11 Å². The Morgan fingerprint density at radius 1 is 1.40 bits per heavy atom. The van der Waals surface area contributed by atoms with Gasteiger partial charge in [-0.1, -0.05) is 32.6 Å². The molecule has 82 valence electrons. The zero-order valence-electron chi connectivity index (χ0n) is 9.33. The highest BCUT2D eigenvalue weighted by Gasteiger charge is 2.11. The molecule has 0 bridgehead atoms. The molecule has 0 radical (unpaired) electrons. The van der Waals surface area contributed by atoms with E-state index in [0.29, 0.717) is 4.75 Å². The Kier molecular flexibility index (Phi) is 4.72. The lowest BCUT2D eigenvalue weighted by atomic mass is 10.3. The van der Waals surface area contributed by atoms with E-state index >= 15 is 0 Å². The normalized spacial score (nSPS) is 10.9. The van der Waals surface area contributed by atoms with Gasteiger partial charge >= 0.3 is 0 Å². The van der Waals surface area contributed by atoms with Crippen LogP contribution in [0.15, 0.2) is 12.1 Å². The fourth-order valence-corrected chi connectivity index (χ4v) is 2.70. The minimum Gasteiger partial charge on any atom is -0.384 e. The van der Waals surface area contributed by atoms with Crippen LogP contribution < -0.4 is 0 Å². The molecule has 0 spiro atoms. The Hall–Kier alpha value is -0.430. The van der Waals surface area contributed by atoms with E-state index in [1.165, 1.54) is 4.88 Å². The standard InChI is InChI=1S/C12H16OS2/c1-12(2,3)14-9-11-7-6-10(15-11)5-4-8-13/h6-7,13H,8-9H2,1-3H3. The Morgan fingerprint density at radius 3 is 2.73 bits per heavy atom. The van der Waals surface area contributed by atoms with Crippen LogP contribution >= 0.6 is 23.1 Å². The second kappa shape index (κ2) is 5.60. The summed E-state index contributed by atoms with van der Waals surface area (Å²) in [7, 11) is 0. The van der Waals surface area contributed by atoms with Crippen LogP contribution in [0.4, 0.5) is 0 Å². The molecule has 1 N–H and O–H groups in total. The van der Waals surface area contributed by atoms with Gasteiger partial charge in [0.2, 0.25) is 0 Å². The smallest absolute Gasteiger partial charge is 0.104 e. The van der Waals surface area contributed by atoms with Crippen LogP contribution in [0.3, 0.4) is 0 Å². The van der Waals surface area contributed by atoms with Gasteiger partial charge in [-0.3, -0.25) is 0 Å². The SMILES string of the molecule is CC(C)(C)SCc1ccc(C#CCO)s1. The van der Waals surface area contributed by atoms with Gasteiger partial charge in [0.15, 0.2) is 0 Å². The Balaban J connectivity index is 2.53. The molecule has 0 fully saturated rings. The summed E-state index contributed by atoms with van der Waals surface area (Å²) in [5.74, 6) is 6.62. The van der Waals surface area contributed by atoms with Crippen molar-refractivity contribution in [2.45, 2.75) is 31.3 Å². The van der Waals surface area contributed by atoms with Gasteiger partial charge in [-0.15, -0.1) is 11.3 Å². The summed E-state index contributed by atoms with van der Waals surface area (Å²) in [6.07, 6.45) is 0. The first kappa shape index (κ1) is 12.6. The van der Waals surface area contributed by atoms with Crippen LogP contribution in [-0.2, 0) is 5.75 Å². The summed E-state index contributed by atoms with van der Waals surface area (Å²) in [6.45, 7) is 6.59. The molecule has 1 aromatic rings. The van der Waals surface area contributed by atoms with E-state index in [-0.39, 0.29) is 6.61 Å². The molecule has 0 atom stereocenters. The number of aliphatic hydroxyl groups excluding tert-OH is 1. The third-order valence-electron chi connectivity index (χ3n) is 1.60. The molecule has 0 aromatic carbocycles. The summed E-state index contributed by atoms with van der Waals surface area (Å²) in [4.78, 5) is 2.38. The lowest BCUT2D eigenvalue weighted by molar-refractivity contribution is 0.350. The molecule has 1 nitrogen and oxygen atoms in total. The van der Waals surface area contributed by atoms with Crippen molar-refractivity contribution >= 4 is 23.1 Å². The van der Waals surface area contributed by atoms with Crippen LogP contribution in [0.25, 0.3) is 0 Å². The zero-order chi connectivity index (χ0) is 11.3. The topological polar surface area (TPSA) is 20.2 Å². The molecule has 0 unspecified atom stereocenters. The predicted octanol–water partition coefficient (Wildman–Crippen LogP) is 3.12. The van der Waals surface area contributed by atoms with Crippen molar-refractivity contribution in [1.29, 1.82) is 0 Å². The largest absolute Gasteiger partial charge is 0.384 e. The molecule has 0 amide bonds. The molecule has 0 saturated carbocycles. The number of rotatable bonds is 2. The van der Waals surface area contributed by atoms with Gasteiger partial charge in [-0.2, -0.15) is 11.8 Å². The average Bonchev–Trinajstić information content (AvgIpc) is 2.58. The van der Waals surface area contributed by atoms with E-state index in [9.17, 15) is 0 Å². The lowest BCUT2D eigenvalue weighted by Gasteiger charge is -2.16. The molecule has 0 aliphatic carbocycles. The second-order valence-electron chi connectivity index (χ2n) is 4.13. The van der Waals surface area contributed by atoms with Crippen molar-refractivity contribution in [2.24, 2.45) is 0 Å². The van der Waals surface area contributed by atoms with Crippen LogP contribution in [0.5, 0.6) is 0 Å². The van der Waals surface area contributed by atoms with Crippen LogP contribution in [0.2, 0.25) is 0 Å². The molecule has 0 aliphatic rings. The van der Waals surface area contributed by atoms with E-state index in [2.05, 4.69) is 38.7 Å². The number of thioether (sulfide) groups is 1. The van der Waals surface area contributed by atoms with Gasteiger partial charge in [0.1, 0.15) is 6.61 Å². The van der Waals surface area contributed by atoms with Gasteiger partial charge in [0, 0.05) is 15.4 Å². The number of thiophene rings is 1. The third-order valence-corrected chi connectivity index (χ3v) is 4.10. The molecule has 0 aliphatic heterocycles. The first-order valence-electron chi connectivity index (χ1n) is 4.84. The minimum atomic E-state index is -0.0655. The van der Waals surface area contributed by atoms with Crippen molar-refractivity contribution in [3.05, 3.63) is 21.9 Å². The summed E-state index contributed by atoms with van der Waals surface area (Å²) < 4.78 is 0.306. The Labute approximate surface area is 99.9 Å². The van der Waals surface area contributed by atoms with E-state index in [0.717, 1.165) is 10.6 Å². The maximum Gasteiger partial charge on any atom is 0.104 e. The highest BCUT2D eigenvalue weighted by atomic mass is 32.2. The van der Waals surface area contributed by atoms with E-state index in [1.54, 1.807) is 11.3 Å². The van der Waals surface area contributed by atoms with Crippen LogP contribution in [0, 0.1) is 11.8 Å². The maximum atomic E-state index is 8.57. The van der Waals surface area contributed by atoms with Gasteiger partial charge in [0.05, 0.1) is 4.88 Å². The van der Waals surface area contributed by atoms with Crippen LogP contribution in [-0.4, -0.2) is 16.5 Å². The molecule has 1 aromatic heterocycles. The number of hydrogen-bond donors (Lipinski definition) is 1. The molecular formula is C12H16OS2. The predicted molar refractivity (Wildman–Crippen MR) is 69.3 cm³/mol. The van der Waals surface area contributed by atoms with Crippen LogP contribution in [0.1, 0.15) is 30.5 Å². The fourth-order valence-electron chi connectivity index (χ4n) is 0.937. The molecule has 1 rings (SSSR count). The lowest BCUT2D eigenvalue weighted by Crippen LogP contribution is -2.06. The fraction of sp³-hybridized carbons (Fsp3) is 0.500. The molecule has 0 saturated heterocycles. The quantitative estimate of drug-likeness (QED) is 0.802. The second-order valence-corrected chi connectivity index (χ2v) is 7.10.